The quantitative estimate of drug-likeness (QED) is 0.391. The summed E-state index contributed by atoms with van der Waals surface area (Å²) in [6.07, 6.45) is 0. The van der Waals surface area contributed by atoms with Crippen molar-refractivity contribution in [2.75, 3.05) is 12.0 Å². The third kappa shape index (κ3) is 2.92. The molecule has 0 spiro atoms. The molecule has 0 bridgehead atoms. The van der Waals surface area contributed by atoms with E-state index in [1.807, 2.05) is 25.1 Å². The first-order valence-electron chi connectivity index (χ1n) is 10.6. The molecule has 0 unspecified atom stereocenters. The second kappa shape index (κ2) is 7.43. The number of aromatic hydroxyl groups is 1. The van der Waals surface area contributed by atoms with E-state index in [2.05, 4.69) is 0 Å². The van der Waals surface area contributed by atoms with E-state index in [0.29, 0.717) is 21.7 Å². The number of aromatic nitrogens is 1. The maximum atomic E-state index is 13.7. The molecule has 34 heavy (non-hydrogen) atoms. The van der Waals surface area contributed by atoms with Crippen LogP contribution in [-0.2, 0) is 0 Å². The summed E-state index contributed by atoms with van der Waals surface area (Å²) in [6, 6.07) is 16.8. The number of ether oxygens (including phenoxy) is 1. The number of carbonyl (C=O) groups excluding carboxylic acids is 1. The van der Waals surface area contributed by atoms with Gasteiger partial charge in [0.25, 0.3) is 5.91 Å². The molecule has 0 fully saturated rings. The topological polar surface area (TPSA) is 92.9 Å². The molecule has 1 aliphatic rings. The summed E-state index contributed by atoms with van der Waals surface area (Å²) >= 11 is 1.37. The van der Waals surface area contributed by atoms with Gasteiger partial charge >= 0.3 is 0 Å². The van der Waals surface area contributed by atoms with Gasteiger partial charge in [0.1, 0.15) is 5.58 Å². The maximum absolute atomic E-state index is 13.7. The Kier molecular flexibility index (Phi) is 4.46. The summed E-state index contributed by atoms with van der Waals surface area (Å²) in [5.41, 5.74) is 2.76. The van der Waals surface area contributed by atoms with Crippen molar-refractivity contribution in [2.45, 2.75) is 13.0 Å². The van der Waals surface area contributed by atoms with Gasteiger partial charge in [0.2, 0.25) is 5.76 Å². The van der Waals surface area contributed by atoms with Crippen LogP contribution in [0, 0.1) is 6.92 Å². The molecule has 1 atom stereocenters. The predicted molar refractivity (Wildman–Crippen MR) is 130 cm³/mol. The zero-order chi connectivity index (χ0) is 23.6. The Hall–Kier alpha value is -4.17. The van der Waals surface area contributed by atoms with Gasteiger partial charge in [-0.2, -0.15) is 0 Å². The number of amides is 1. The van der Waals surface area contributed by atoms with Crippen LogP contribution in [0.2, 0.25) is 0 Å². The molecule has 7 nitrogen and oxygen atoms in total. The van der Waals surface area contributed by atoms with Gasteiger partial charge in [-0.15, -0.1) is 0 Å². The standard InChI is InChI=1S/C26H18N2O5S/c1-13-7-9-16-20(11-13)34-26(27-16)28-22(14-8-10-17(29)19(12-14)32-2)21-23(30)15-5-3-4-6-18(15)33-24(21)25(28)31/h3-12,22,29H,1-2H3/t22-/m0/s1. The van der Waals surface area contributed by atoms with Crippen LogP contribution in [0.1, 0.15) is 33.3 Å². The number of rotatable bonds is 3. The Labute approximate surface area is 197 Å². The van der Waals surface area contributed by atoms with Crippen LogP contribution in [0.4, 0.5) is 5.13 Å². The second-order valence-corrected chi connectivity index (χ2v) is 9.16. The lowest BCUT2D eigenvalue weighted by molar-refractivity contribution is 0.0971. The molecule has 3 aromatic carbocycles. The molecule has 0 radical (unpaired) electrons. The van der Waals surface area contributed by atoms with Crippen LogP contribution in [-0.4, -0.2) is 23.1 Å². The molecular weight excluding hydrogens is 452 g/mol. The van der Waals surface area contributed by atoms with Gasteiger partial charge in [-0.05, 0) is 54.4 Å². The summed E-state index contributed by atoms with van der Waals surface area (Å²) < 4.78 is 12.2. The first kappa shape index (κ1) is 20.4. The zero-order valence-corrected chi connectivity index (χ0v) is 19.1. The van der Waals surface area contributed by atoms with Crippen molar-refractivity contribution in [1.29, 1.82) is 0 Å². The molecule has 1 N–H and O–H groups in total. The van der Waals surface area contributed by atoms with E-state index in [0.717, 1.165) is 15.8 Å². The minimum Gasteiger partial charge on any atom is -0.504 e. The highest BCUT2D eigenvalue weighted by Gasteiger charge is 2.45. The molecule has 8 heteroatoms. The third-order valence-corrected chi connectivity index (χ3v) is 7.05. The lowest BCUT2D eigenvalue weighted by Crippen LogP contribution is -2.29. The van der Waals surface area contributed by atoms with Crippen molar-refractivity contribution in [3.8, 4) is 11.5 Å². The normalized spacial score (nSPS) is 15.3. The highest BCUT2D eigenvalue weighted by Crippen LogP contribution is 2.45. The number of benzene rings is 3. The van der Waals surface area contributed by atoms with Crippen molar-refractivity contribution in [3.05, 3.63) is 93.3 Å². The number of fused-ring (bicyclic) bond motifs is 3. The molecule has 0 saturated heterocycles. The number of phenols is 1. The van der Waals surface area contributed by atoms with Gasteiger partial charge in [-0.1, -0.05) is 35.6 Å². The van der Waals surface area contributed by atoms with Crippen LogP contribution in [0.25, 0.3) is 21.2 Å². The number of carbonyl (C=O) groups is 1. The average Bonchev–Trinajstić information content (AvgIpc) is 3.38. The van der Waals surface area contributed by atoms with E-state index in [9.17, 15) is 14.7 Å². The molecule has 3 heterocycles. The van der Waals surface area contributed by atoms with E-state index < -0.39 is 11.9 Å². The average molecular weight is 471 g/mol. The van der Waals surface area contributed by atoms with Crippen molar-refractivity contribution in [1.82, 2.24) is 4.98 Å². The number of hydrogen-bond donors (Lipinski definition) is 1. The van der Waals surface area contributed by atoms with E-state index in [1.54, 1.807) is 36.4 Å². The van der Waals surface area contributed by atoms with Gasteiger partial charge in [-0.3, -0.25) is 14.5 Å². The fourth-order valence-electron chi connectivity index (χ4n) is 4.42. The molecule has 0 aliphatic carbocycles. The second-order valence-electron chi connectivity index (χ2n) is 8.15. The lowest BCUT2D eigenvalue weighted by atomic mass is 9.98. The first-order valence-corrected chi connectivity index (χ1v) is 11.4. The Morgan fingerprint density at radius 2 is 1.91 bits per heavy atom. The first-order chi connectivity index (χ1) is 16.5. The molecule has 1 aliphatic heterocycles. The number of aryl methyl sites for hydroxylation is 1. The lowest BCUT2D eigenvalue weighted by Gasteiger charge is -2.23. The predicted octanol–water partition coefficient (Wildman–Crippen LogP) is 5.18. The summed E-state index contributed by atoms with van der Waals surface area (Å²) in [5, 5.41) is 11.0. The smallest absolute Gasteiger partial charge is 0.297 e. The van der Waals surface area contributed by atoms with Crippen molar-refractivity contribution in [3.63, 3.8) is 0 Å². The van der Waals surface area contributed by atoms with Crippen LogP contribution in [0.3, 0.4) is 0 Å². The van der Waals surface area contributed by atoms with Crippen molar-refractivity contribution in [2.24, 2.45) is 0 Å². The van der Waals surface area contributed by atoms with Crippen LogP contribution in [0.15, 0.2) is 69.9 Å². The van der Waals surface area contributed by atoms with Gasteiger partial charge in [-0.25, -0.2) is 4.98 Å². The summed E-state index contributed by atoms with van der Waals surface area (Å²) in [4.78, 5) is 33.6. The van der Waals surface area contributed by atoms with E-state index in [-0.39, 0.29) is 28.3 Å². The minimum absolute atomic E-state index is 0.00354. The van der Waals surface area contributed by atoms with Gasteiger partial charge in [0.05, 0.1) is 34.3 Å². The molecule has 6 rings (SSSR count). The molecule has 168 valence electrons. The van der Waals surface area contributed by atoms with Gasteiger partial charge in [0, 0.05) is 0 Å². The Bertz CT molecular complexity index is 1690. The molecule has 0 saturated carbocycles. The van der Waals surface area contributed by atoms with Crippen LogP contribution < -0.4 is 15.1 Å². The molecule has 5 aromatic rings. The van der Waals surface area contributed by atoms with Gasteiger partial charge < -0.3 is 14.3 Å². The maximum Gasteiger partial charge on any atom is 0.297 e. The van der Waals surface area contributed by atoms with E-state index in [1.165, 1.54) is 29.4 Å². The number of anilines is 1. The van der Waals surface area contributed by atoms with Crippen molar-refractivity contribution < 1.29 is 19.1 Å². The minimum atomic E-state index is -0.792. The summed E-state index contributed by atoms with van der Waals surface area (Å²) in [5.74, 6) is -0.242. The fourth-order valence-corrected chi connectivity index (χ4v) is 5.51. The largest absolute Gasteiger partial charge is 0.504 e. The SMILES string of the molecule is COc1cc([C@H]2c3c(oc4ccccc4c3=O)C(=O)N2c2nc3ccc(C)cc3s2)ccc1O. The number of hydrogen-bond acceptors (Lipinski definition) is 7. The fraction of sp³-hybridized carbons (Fsp3) is 0.115. The molecule has 2 aromatic heterocycles. The number of para-hydroxylation sites is 1. The number of phenolic OH excluding ortho intramolecular Hbond substituents is 1. The Morgan fingerprint density at radius 1 is 1.09 bits per heavy atom. The van der Waals surface area contributed by atoms with E-state index >= 15 is 0 Å². The summed E-state index contributed by atoms with van der Waals surface area (Å²) in [7, 11) is 1.45. The highest BCUT2D eigenvalue weighted by atomic mass is 32.1. The Balaban J connectivity index is 1.64. The molecule has 1 amide bonds. The monoisotopic (exact) mass is 470 g/mol. The summed E-state index contributed by atoms with van der Waals surface area (Å²) in [6.45, 7) is 2.00. The third-order valence-electron chi connectivity index (χ3n) is 6.04. The van der Waals surface area contributed by atoms with Crippen LogP contribution >= 0.6 is 11.3 Å². The number of nitrogens with zero attached hydrogens (tertiary/aromatic N) is 2. The van der Waals surface area contributed by atoms with Crippen LogP contribution in [0.5, 0.6) is 11.5 Å². The van der Waals surface area contributed by atoms with Crippen molar-refractivity contribution >= 4 is 43.6 Å². The molecular formula is C26H18N2O5S. The Morgan fingerprint density at radius 3 is 2.74 bits per heavy atom. The zero-order valence-electron chi connectivity index (χ0n) is 18.2. The number of methoxy groups -OCH3 is 1. The number of thiazole rings is 1. The highest BCUT2D eigenvalue weighted by molar-refractivity contribution is 7.22. The van der Waals surface area contributed by atoms with E-state index in [4.69, 9.17) is 14.1 Å². The van der Waals surface area contributed by atoms with Gasteiger partial charge in [0.15, 0.2) is 22.1 Å².